The molecule has 3 rings (SSSR count). The van der Waals surface area contributed by atoms with Crippen LogP contribution in [0.2, 0.25) is 118 Å². The molecule has 9 heteroatoms. The average Bonchev–Trinajstić information content (AvgIpc) is 2.94. The van der Waals surface area contributed by atoms with Crippen molar-refractivity contribution >= 4 is 80.5 Å². The quantitative estimate of drug-likeness (QED) is 0.151. The van der Waals surface area contributed by atoms with Crippen LogP contribution in [0, 0.1) is 0 Å². The summed E-state index contributed by atoms with van der Waals surface area (Å²) in [6.07, 6.45) is 0. The topological polar surface area (TPSA) is 20.2 Å². The summed E-state index contributed by atoms with van der Waals surface area (Å²) < 4.78 is 5.18. The van der Waals surface area contributed by atoms with E-state index in [1.54, 1.807) is 25.5 Å². The standard InChI is InChI=1S/C46H81GeOSi6.Cr/c1-33(2)37-27-25-28-38(34(3)4)42(37)47(41-29-24-23-26-35(41)32-48)43-39(45(51(11,12)13)52(14,15)16)30-36(44(49(5,6)7)50(8,9)10)31-40(43)46(53(17,18)19)54(20,21)22;/h23-31,33-34,44-46,48H,1-22H3;. The number of aliphatic hydroxyl groups is 1. The zero-order valence-electron chi connectivity index (χ0n) is 39.4. The van der Waals surface area contributed by atoms with Crippen molar-refractivity contribution in [3.63, 3.8) is 0 Å². The molecule has 0 spiro atoms. The molecule has 305 valence electrons. The van der Waals surface area contributed by atoms with Crippen molar-refractivity contribution in [2.45, 2.75) is 173 Å². The molecule has 0 bridgehead atoms. The van der Waals surface area contributed by atoms with Gasteiger partial charge in [0, 0.05) is 0 Å². The van der Waals surface area contributed by atoms with Gasteiger partial charge in [-0.2, -0.15) is 0 Å². The van der Waals surface area contributed by atoms with Crippen molar-refractivity contribution in [1.29, 1.82) is 0 Å². The van der Waals surface area contributed by atoms with E-state index in [4.69, 9.17) is 0 Å². The molecule has 55 heavy (non-hydrogen) atoms. The molecule has 1 nitrogen and oxygen atoms in total. The number of aliphatic hydroxyl groups excluding tert-OH is 1. The van der Waals surface area contributed by atoms with Gasteiger partial charge < -0.3 is 0 Å². The van der Waals surface area contributed by atoms with Gasteiger partial charge in [0.1, 0.15) is 0 Å². The second kappa shape index (κ2) is 17.5. The normalized spacial score (nSPS) is 14.1. The van der Waals surface area contributed by atoms with Gasteiger partial charge in [0.05, 0.1) is 0 Å². The zero-order chi connectivity index (χ0) is 42.6. The Kier molecular flexibility index (Phi) is 15.6. The molecular formula is C46H81CrGeOSi6. The number of hydrogen-bond donors (Lipinski definition) is 1. The molecule has 0 aromatic heterocycles. The number of hydrogen-bond acceptors (Lipinski definition) is 1. The summed E-state index contributed by atoms with van der Waals surface area (Å²) in [4.78, 5) is 0. The fourth-order valence-corrected chi connectivity index (χ4v) is 59.5. The summed E-state index contributed by atoms with van der Waals surface area (Å²) in [5.74, 6) is 0.802. The van der Waals surface area contributed by atoms with Crippen molar-refractivity contribution < 1.29 is 21.0 Å². The van der Waals surface area contributed by atoms with Crippen LogP contribution in [0.4, 0.5) is 0 Å². The average molecular weight is 943 g/mol. The summed E-state index contributed by atoms with van der Waals surface area (Å²) in [5.41, 5.74) is 9.27. The molecule has 0 aliphatic heterocycles. The van der Waals surface area contributed by atoms with Crippen LogP contribution in [0.15, 0.2) is 54.6 Å². The second-order valence-corrected chi connectivity index (χ2v) is 62.9. The van der Waals surface area contributed by atoms with Crippen LogP contribution in [-0.4, -0.2) is 72.5 Å². The molecule has 3 aromatic carbocycles. The summed E-state index contributed by atoms with van der Waals surface area (Å²) in [6.45, 7) is 57.8. The van der Waals surface area contributed by atoms with E-state index >= 15 is 0 Å². The molecule has 1 N–H and O–H groups in total. The van der Waals surface area contributed by atoms with Gasteiger partial charge in [-0.1, -0.05) is 0 Å². The Balaban J connectivity index is 3.06. The van der Waals surface area contributed by atoms with Crippen molar-refractivity contribution in [3.05, 3.63) is 88.0 Å². The molecule has 0 saturated heterocycles. The molecule has 0 atom stereocenters. The predicted octanol–water partition coefficient (Wildman–Crippen LogP) is 12.4. The molecule has 0 heterocycles. The molecule has 0 amide bonds. The minimum absolute atomic E-state index is 0.338. The van der Waals surface area contributed by atoms with Crippen LogP contribution in [-0.2, 0) is 15.9 Å². The summed E-state index contributed by atoms with van der Waals surface area (Å²) in [6, 6.07) is 22.1. The Morgan fingerprint density at radius 1 is 0.473 bits per heavy atom. The van der Waals surface area contributed by atoms with E-state index in [9.17, 15) is 5.11 Å². The van der Waals surface area contributed by atoms with E-state index < -0.39 is 62.8 Å². The maximum atomic E-state index is 11.6. The molecular weight excluding hydrogens is 862 g/mol. The first-order valence-electron chi connectivity index (χ1n) is 21.1. The van der Waals surface area contributed by atoms with E-state index in [0.717, 1.165) is 5.56 Å². The Hall–Kier alpha value is -0.133. The van der Waals surface area contributed by atoms with Gasteiger partial charge in [0.25, 0.3) is 0 Å². The van der Waals surface area contributed by atoms with Crippen LogP contribution in [0.5, 0.6) is 0 Å². The minimum atomic E-state index is -2.76. The third-order valence-corrected chi connectivity index (χ3v) is 46.5. The second-order valence-electron chi connectivity index (χ2n) is 23.9. The van der Waals surface area contributed by atoms with Gasteiger partial charge in [-0.05, 0) is 0 Å². The number of rotatable bonds is 15. The zero-order valence-corrected chi connectivity index (χ0v) is 48.8. The van der Waals surface area contributed by atoms with Gasteiger partial charge in [0.2, 0.25) is 0 Å². The van der Waals surface area contributed by atoms with E-state index in [2.05, 4.69) is 216 Å². The van der Waals surface area contributed by atoms with Crippen LogP contribution in [0.25, 0.3) is 0 Å². The van der Waals surface area contributed by atoms with Crippen LogP contribution in [0.1, 0.15) is 88.4 Å². The van der Waals surface area contributed by atoms with Gasteiger partial charge in [-0.15, -0.1) is 0 Å². The van der Waals surface area contributed by atoms with E-state index in [0.29, 0.717) is 31.9 Å². The first-order valence-corrected chi connectivity index (χ1v) is 46.4. The van der Waals surface area contributed by atoms with Crippen LogP contribution in [0.3, 0.4) is 0 Å². The van der Waals surface area contributed by atoms with Gasteiger partial charge in [-0.3, -0.25) is 0 Å². The van der Waals surface area contributed by atoms with Gasteiger partial charge in [-0.25, -0.2) is 0 Å². The molecule has 0 saturated carbocycles. The number of benzene rings is 3. The molecule has 0 fully saturated rings. The first-order chi connectivity index (χ1) is 24.6. The van der Waals surface area contributed by atoms with E-state index in [-0.39, 0.29) is 0 Å². The van der Waals surface area contributed by atoms with E-state index in [1.807, 2.05) is 0 Å². The van der Waals surface area contributed by atoms with Crippen molar-refractivity contribution in [2.24, 2.45) is 0 Å². The summed E-state index contributed by atoms with van der Waals surface area (Å²) >= 11 is 0.337. The predicted molar refractivity (Wildman–Crippen MR) is 267 cm³/mol. The van der Waals surface area contributed by atoms with Crippen molar-refractivity contribution in [3.8, 4) is 0 Å². The fourth-order valence-electron chi connectivity index (χ4n) is 11.5. The summed E-state index contributed by atoms with van der Waals surface area (Å²) in [5, 5.41) is 13.5. The van der Waals surface area contributed by atoms with Crippen molar-refractivity contribution in [1.82, 2.24) is 0 Å². The van der Waals surface area contributed by atoms with Crippen LogP contribution >= 0.6 is 0 Å². The monoisotopic (exact) mass is 943 g/mol. The van der Waals surface area contributed by atoms with Crippen molar-refractivity contribution in [2.75, 3.05) is 0 Å². The molecule has 0 unspecified atom stereocenters. The Labute approximate surface area is 359 Å². The third kappa shape index (κ3) is 11.4. The first kappa shape index (κ1) is 49.2. The Bertz CT molecular complexity index is 1710. The SMILES string of the molecule is CC(C)c1cccc(C(C)C)[c]1[Ge]([c]1ccccc1[C](O)=[Cr])[c]1c(C([Si](C)(C)C)[Si](C)(C)C)cc(C([Si](C)(C)C)[Si](C)(C)C)cc1C([Si](C)(C)C)[Si](C)(C)C. The van der Waals surface area contributed by atoms with Gasteiger partial charge >= 0.3 is 362 Å². The van der Waals surface area contributed by atoms with Crippen LogP contribution < -0.4 is 13.2 Å². The Morgan fingerprint density at radius 2 is 0.800 bits per heavy atom. The molecule has 0 aliphatic rings. The molecule has 3 aromatic rings. The molecule has 0 aliphatic carbocycles. The molecule has 1 radical (unpaired) electrons. The summed E-state index contributed by atoms with van der Waals surface area (Å²) in [7, 11) is -10.3. The third-order valence-electron chi connectivity index (χ3n) is 11.7. The Morgan fingerprint density at radius 3 is 1.11 bits per heavy atom. The fraction of sp³-hybridized carbons (Fsp3) is 0.587. The maximum absolute atomic E-state index is 11.6. The van der Waals surface area contributed by atoms with E-state index in [1.165, 1.54) is 15.5 Å². The van der Waals surface area contributed by atoms with Gasteiger partial charge in [0.15, 0.2) is 0 Å².